The van der Waals surface area contributed by atoms with E-state index in [4.69, 9.17) is 16.3 Å². The van der Waals surface area contributed by atoms with Crippen molar-refractivity contribution in [2.75, 3.05) is 6.61 Å². The first-order chi connectivity index (χ1) is 6.65. The van der Waals surface area contributed by atoms with Gasteiger partial charge in [-0.3, -0.25) is 10.1 Å². The van der Waals surface area contributed by atoms with Crippen LogP contribution in [0.1, 0.15) is 6.92 Å². The van der Waals surface area contributed by atoms with Crippen molar-refractivity contribution in [1.82, 2.24) is 0 Å². The minimum Gasteiger partial charge on any atom is -0.487 e. The van der Waals surface area contributed by atoms with Crippen LogP contribution in [0.5, 0.6) is 5.75 Å². The quantitative estimate of drug-likeness (QED) is 0.572. The van der Waals surface area contributed by atoms with Gasteiger partial charge in [0, 0.05) is 11.1 Å². The Labute approximate surface area is 86.6 Å². The van der Waals surface area contributed by atoms with Gasteiger partial charge in [0.2, 0.25) is 0 Å². The van der Waals surface area contributed by atoms with E-state index in [-0.39, 0.29) is 11.4 Å². The Morgan fingerprint density at radius 1 is 1.64 bits per heavy atom. The van der Waals surface area contributed by atoms with Crippen molar-refractivity contribution in [3.63, 3.8) is 0 Å². The lowest BCUT2D eigenvalue weighted by atomic mass is 10.3. The molecule has 0 aromatic heterocycles. The van der Waals surface area contributed by atoms with Gasteiger partial charge in [-0.1, -0.05) is 18.5 Å². The van der Waals surface area contributed by atoms with Gasteiger partial charge in [-0.15, -0.1) is 0 Å². The van der Waals surface area contributed by atoms with Crippen LogP contribution in [0.15, 0.2) is 18.2 Å². The number of ether oxygens (including phenoxy) is 1. The Hall–Kier alpha value is -1.29. The Bertz CT molecular complexity index is 341. The molecule has 0 bridgehead atoms. The molecule has 5 heteroatoms. The van der Waals surface area contributed by atoms with E-state index in [9.17, 15) is 10.1 Å². The minimum atomic E-state index is -0.517. The highest BCUT2D eigenvalue weighted by molar-refractivity contribution is 6.30. The van der Waals surface area contributed by atoms with Crippen LogP contribution in [0.2, 0.25) is 5.02 Å². The second kappa shape index (κ2) is 4.81. The van der Waals surface area contributed by atoms with Crippen LogP contribution >= 0.6 is 11.6 Å². The van der Waals surface area contributed by atoms with Crippen LogP contribution in [-0.2, 0) is 0 Å². The highest BCUT2D eigenvalue weighted by atomic mass is 35.5. The van der Waals surface area contributed by atoms with Crippen LogP contribution in [0.4, 0.5) is 5.69 Å². The van der Waals surface area contributed by atoms with Crippen LogP contribution in [-0.4, -0.2) is 11.5 Å². The fraction of sp³-hybridized carbons (Fsp3) is 0.222. The van der Waals surface area contributed by atoms with Gasteiger partial charge in [-0.25, -0.2) is 0 Å². The first-order valence-corrected chi connectivity index (χ1v) is 4.37. The van der Waals surface area contributed by atoms with Crippen molar-refractivity contribution < 1.29 is 9.66 Å². The molecule has 0 N–H and O–H groups in total. The summed E-state index contributed by atoms with van der Waals surface area (Å²) in [6.45, 7) is 2.14. The SMILES string of the molecule is C[CH]COc1ccc(Cl)cc1[N+](=O)[O-]. The zero-order valence-corrected chi connectivity index (χ0v) is 8.32. The first kappa shape index (κ1) is 10.8. The first-order valence-electron chi connectivity index (χ1n) is 3.99. The van der Waals surface area contributed by atoms with E-state index in [2.05, 4.69) is 0 Å². The molecule has 75 valence electrons. The highest BCUT2D eigenvalue weighted by Gasteiger charge is 2.14. The second-order valence-corrected chi connectivity index (χ2v) is 3.02. The summed E-state index contributed by atoms with van der Waals surface area (Å²) in [5, 5.41) is 10.9. The fourth-order valence-corrected chi connectivity index (χ4v) is 1.09. The Morgan fingerprint density at radius 3 is 2.93 bits per heavy atom. The van der Waals surface area contributed by atoms with E-state index in [1.807, 2.05) is 6.92 Å². The summed E-state index contributed by atoms with van der Waals surface area (Å²) in [5.41, 5.74) is -0.112. The van der Waals surface area contributed by atoms with Gasteiger partial charge in [0.05, 0.1) is 11.5 Å². The molecule has 0 amide bonds. The molecule has 1 aromatic carbocycles. The van der Waals surface area contributed by atoms with Gasteiger partial charge in [0.15, 0.2) is 5.75 Å². The number of nitrogens with zero attached hydrogens (tertiary/aromatic N) is 1. The van der Waals surface area contributed by atoms with Gasteiger partial charge in [-0.2, -0.15) is 0 Å². The van der Waals surface area contributed by atoms with Crippen molar-refractivity contribution in [1.29, 1.82) is 0 Å². The summed E-state index contributed by atoms with van der Waals surface area (Å²) >= 11 is 5.63. The maximum absolute atomic E-state index is 10.6. The molecule has 0 aliphatic heterocycles. The van der Waals surface area contributed by atoms with Crippen molar-refractivity contribution in [2.45, 2.75) is 6.92 Å². The molecule has 0 fully saturated rings. The van der Waals surface area contributed by atoms with E-state index >= 15 is 0 Å². The molecule has 0 aliphatic rings. The number of nitro groups is 1. The van der Waals surface area contributed by atoms with Gasteiger partial charge in [0.25, 0.3) is 0 Å². The lowest BCUT2D eigenvalue weighted by molar-refractivity contribution is -0.385. The summed E-state index contributed by atoms with van der Waals surface area (Å²) in [6.07, 6.45) is 1.76. The Balaban J connectivity index is 2.96. The van der Waals surface area contributed by atoms with Crippen molar-refractivity contribution in [3.8, 4) is 5.75 Å². The summed E-state index contributed by atoms with van der Waals surface area (Å²) in [5.74, 6) is 0.234. The van der Waals surface area contributed by atoms with Crippen molar-refractivity contribution in [2.24, 2.45) is 0 Å². The number of hydrogen-bond acceptors (Lipinski definition) is 3. The minimum absolute atomic E-state index is 0.112. The van der Waals surface area contributed by atoms with Gasteiger partial charge < -0.3 is 4.74 Å². The van der Waals surface area contributed by atoms with E-state index in [0.717, 1.165) is 0 Å². The molecule has 0 heterocycles. The monoisotopic (exact) mass is 214 g/mol. The third-order valence-corrected chi connectivity index (χ3v) is 1.76. The predicted octanol–water partition coefficient (Wildman–Crippen LogP) is 2.85. The average Bonchev–Trinajstić information content (AvgIpc) is 2.15. The molecule has 1 aromatic rings. The van der Waals surface area contributed by atoms with Crippen molar-refractivity contribution in [3.05, 3.63) is 39.8 Å². The summed E-state index contributed by atoms with van der Waals surface area (Å²) in [6, 6.07) is 4.32. The number of nitro benzene ring substituents is 1. The summed E-state index contributed by atoms with van der Waals surface area (Å²) < 4.78 is 5.15. The second-order valence-electron chi connectivity index (χ2n) is 2.59. The molecule has 0 saturated heterocycles. The molecule has 1 rings (SSSR count). The molecule has 0 atom stereocenters. The maximum Gasteiger partial charge on any atom is 0.312 e. The fourth-order valence-electron chi connectivity index (χ4n) is 0.928. The third-order valence-electron chi connectivity index (χ3n) is 1.52. The summed E-state index contributed by atoms with van der Waals surface area (Å²) in [7, 11) is 0. The van der Waals surface area contributed by atoms with E-state index in [1.54, 1.807) is 12.5 Å². The molecule has 4 nitrogen and oxygen atoms in total. The number of benzene rings is 1. The summed E-state index contributed by atoms with van der Waals surface area (Å²) in [4.78, 5) is 10.1. The Kier molecular flexibility index (Phi) is 3.71. The molecule has 0 saturated carbocycles. The van der Waals surface area contributed by atoms with E-state index in [1.165, 1.54) is 12.1 Å². The zero-order valence-electron chi connectivity index (χ0n) is 7.57. The molecular formula is C9H9ClNO3. The zero-order chi connectivity index (χ0) is 10.6. The number of rotatable bonds is 4. The molecule has 1 radical (unpaired) electrons. The maximum atomic E-state index is 10.6. The molecule has 14 heavy (non-hydrogen) atoms. The molecule has 0 aliphatic carbocycles. The van der Waals surface area contributed by atoms with Gasteiger partial charge >= 0.3 is 5.69 Å². The topological polar surface area (TPSA) is 52.4 Å². The number of halogens is 1. The molecule has 0 spiro atoms. The van der Waals surface area contributed by atoms with Crippen LogP contribution in [0.3, 0.4) is 0 Å². The van der Waals surface area contributed by atoms with Crippen LogP contribution in [0.25, 0.3) is 0 Å². The normalized spacial score (nSPS) is 9.86. The van der Waals surface area contributed by atoms with Crippen LogP contribution < -0.4 is 4.74 Å². The smallest absolute Gasteiger partial charge is 0.312 e. The van der Waals surface area contributed by atoms with E-state index in [0.29, 0.717) is 11.6 Å². The lowest BCUT2D eigenvalue weighted by Gasteiger charge is -2.04. The largest absolute Gasteiger partial charge is 0.487 e. The van der Waals surface area contributed by atoms with Gasteiger partial charge in [0.1, 0.15) is 0 Å². The van der Waals surface area contributed by atoms with Crippen LogP contribution in [0, 0.1) is 16.5 Å². The van der Waals surface area contributed by atoms with E-state index < -0.39 is 4.92 Å². The van der Waals surface area contributed by atoms with Crippen molar-refractivity contribution >= 4 is 17.3 Å². The Morgan fingerprint density at radius 2 is 2.36 bits per heavy atom. The molecular weight excluding hydrogens is 206 g/mol. The third kappa shape index (κ3) is 2.60. The predicted molar refractivity (Wildman–Crippen MR) is 53.6 cm³/mol. The lowest BCUT2D eigenvalue weighted by Crippen LogP contribution is -1.99. The number of hydrogen-bond donors (Lipinski definition) is 0. The average molecular weight is 215 g/mol. The molecule has 0 unspecified atom stereocenters. The highest BCUT2D eigenvalue weighted by Crippen LogP contribution is 2.29. The standard InChI is InChI=1S/C9H9ClNO3/c1-2-5-14-9-4-3-7(10)6-8(9)11(12)13/h2-4,6H,5H2,1H3. The van der Waals surface area contributed by atoms with Gasteiger partial charge in [-0.05, 0) is 18.6 Å².